The molecule has 0 rings (SSSR count). The van der Waals surface area contributed by atoms with Crippen molar-refractivity contribution in [2.45, 2.75) is 94.2 Å². The molecular formula is C16H28BrF4I. The highest BCUT2D eigenvalue weighted by Crippen LogP contribution is 2.42. The van der Waals surface area contributed by atoms with Crippen LogP contribution in [0.5, 0.6) is 0 Å². The fraction of sp³-hybridized carbons (Fsp3) is 1.00. The topological polar surface area (TPSA) is 0 Å². The summed E-state index contributed by atoms with van der Waals surface area (Å²) in [4.78, 5) is -4.09. The Morgan fingerprint density at radius 2 is 0.909 bits per heavy atom. The summed E-state index contributed by atoms with van der Waals surface area (Å²) in [6.07, 6.45) is 12.0. The van der Waals surface area contributed by atoms with Gasteiger partial charge in [-0.25, -0.2) is 0 Å². The fourth-order valence-electron chi connectivity index (χ4n) is 2.35. The summed E-state index contributed by atoms with van der Waals surface area (Å²) < 4.78 is 52.2. The molecule has 0 N–H and O–H groups in total. The van der Waals surface area contributed by atoms with Gasteiger partial charge in [0.05, 0.1) is 0 Å². The van der Waals surface area contributed by atoms with Crippen LogP contribution in [0.1, 0.15) is 83.5 Å². The molecular weight excluding hydrogens is 475 g/mol. The maximum absolute atomic E-state index is 13.0. The Hall–Kier alpha value is 0.930. The Labute approximate surface area is 154 Å². The van der Waals surface area contributed by atoms with E-state index in [1.165, 1.54) is 49.4 Å². The van der Waals surface area contributed by atoms with Gasteiger partial charge in [-0.05, 0) is 33.2 Å². The van der Waals surface area contributed by atoms with Crippen LogP contribution in [0.25, 0.3) is 0 Å². The molecule has 0 radical (unpaired) electrons. The Morgan fingerprint density at radius 3 is 1.23 bits per heavy atom. The monoisotopic (exact) mass is 502 g/mol. The molecule has 0 aliphatic heterocycles. The molecule has 0 atom stereocenters. The lowest BCUT2D eigenvalue weighted by Crippen LogP contribution is -2.34. The second kappa shape index (κ2) is 13.2. The van der Waals surface area contributed by atoms with Gasteiger partial charge in [0.1, 0.15) is 0 Å². The van der Waals surface area contributed by atoms with Gasteiger partial charge in [0.15, 0.2) is 0 Å². The van der Waals surface area contributed by atoms with E-state index in [9.17, 15) is 17.6 Å². The summed E-state index contributed by atoms with van der Waals surface area (Å²) >= 11 is 4.16. The normalized spacial score (nSPS) is 12.8. The lowest BCUT2D eigenvalue weighted by atomic mass is 10.0. The Morgan fingerprint density at radius 1 is 0.591 bits per heavy atom. The van der Waals surface area contributed by atoms with Gasteiger partial charge in [0.2, 0.25) is 0 Å². The van der Waals surface area contributed by atoms with Crippen LogP contribution in [-0.4, -0.2) is 15.2 Å². The third-order valence-corrected chi connectivity index (χ3v) is 5.13. The standard InChI is InChI=1S/C16H28BrF4I/c17-16(20,21)15(18,19)13-11-9-7-5-3-1-2-4-6-8-10-12-14-22/h1-14H2. The largest absolute Gasteiger partial charge is 0.363 e. The highest BCUT2D eigenvalue weighted by molar-refractivity contribution is 14.1. The van der Waals surface area contributed by atoms with Gasteiger partial charge in [-0.15, -0.1) is 0 Å². The van der Waals surface area contributed by atoms with Gasteiger partial charge in [0.25, 0.3) is 0 Å². The summed E-state index contributed by atoms with van der Waals surface area (Å²) in [6.45, 7) is 0. The van der Waals surface area contributed by atoms with E-state index in [0.29, 0.717) is 6.42 Å². The third kappa shape index (κ3) is 12.4. The van der Waals surface area contributed by atoms with Crippen molar-refractivity contribution < 1.29 is 17.6 Å². The van der Waals surface area contributed by atoms with Gasteiger partial charge >= 0.3 is 10.8 Å². The zero-order valence-corrected chi connectivity index (χ0v) is 16.9. The summed E-state index contributed by atoms with van der Waals surface area (Å²) in [7, 11) is 0. The second-order valence-corrected chi connectivity index (χ2v) is 7.96. The molecule has 0 heterocycles. The average Bonchev–Trinajstić information content (AvgIpc) is 2.42. The van der Waals surface area contributed by atoms with Crippen molar-refractivity contribution in [3.63, 3.8) is 0 Å². The number of halogens is 6. The van der Waals surface area contributed by atoms with Gasteiger partial charge in [-0.1, -0.05) is 86.8 Å². The molecule has 0 aliphatic rings. The van der Waals surface area contributed by atoms with E-state index < -0.39 is 17.2 Å². The van der Waals surface area contributed by atoms with Crippen molar-refractivity contribution in [1.29, 1.82) is 0 Å². The van der Waals surface area contributed by atoms with Crippen molar-refractivity contribution in [3.05, 3.63) is 0 Å². The first-order chi connectivity index (χ1) is 10.3. The van der Waals surface area contributed by atoms with Crippen molar-refractivity contribution in [3.8, 4) is 0 Å². The maximum atomic E-state index is 13.0. The van der Waals surface area contributed by atoms with Crippen LogP contribution in [0.15, 0.2) is 0 Å². The van der Waals surface area contributed by atoms with E-state index in [0.717, 1.165) is 19.3 Å². The molecule has 0 unspecified atom stereocenters. The minimum atomic E-state index is -4.09. The SMILES string of the molecule is FC(F)(Br)C(F)(F)CCCCCCCCCCCCCCI. The highest BCUT2D eigenvalue weighted by atomic mass is 127. The summed E-state index contributed by atoms with van der Waals surface area (Å²) in [5.74, 6) is -3.94. The molecule has 0 spiro atoms. The molecule has 0 saturated carbocycles. The van der Waals surface area contributed by atoms with Gasteiger partial charge in [-0.2, -0.15) is 17.6 Å². The molecule has 134 valence electrons. The molecule has 0 bridgehead atoms. The van der Waals surface area contributed by atoms with E-state index in [1.807, 2.05) is 0 Å². The van der Waals surface area contributed by atoms with Gasteiger partial charge in [-0.3, -0.25) is 0 Å². The van der Waals surface area contributed by atoms with Gasteiger partial charge in [0, 0.05) is 6.42 Å². The number of rotatable bonds is 15. The highest BCUT2D eigenvalue weighted by Gasteiger charge is 2.53. The first-order valence-corrected chi connectivity index (χ1v) is 10.6. The van der Waals surface area contributed by atoms with Gasteiger partial charge < -0.3 is 0 Å². The van der Waals surface area contributed by atoms with E-state index in [1.54, 1.807) is 15.9 Å². The van der Waals surface area contributed by atoms with Crippen LogP contribution in [0.2, 0.25) is 0 Å². The smallest absolute Gasteiger partial charge is 0.199 e. The predicted octanol–water partition coefficient (Wildman–Crippen LogP) is 8.12. The average molecular weight is 503 g/mol. The zero-order chi connectivity index (χ0) is 16.9. The Balaban J connectivity index is 3.28. The summed E-state index contributed by atoms with van der Waals surface area (Å²) in [6, 6.07) is 0. The molecule has 0 amide bonds. The second-order valence-electron chi connectivity index (χ2n) is 5.88. The molecule has 0 nitrogen and oxygen atoms in total. The summed E-state index contributed by atoms with van der Waals surface area (Å²) in [5, 5.41) is 0. The van der Waals surface area contributed by atoms with Crippen molar-refractivity contribution >= 4 is 38.5 Å². The number of hydrogen-bond acceptors (Lipinski definition) is 0. The lowest BCUT2D eigenvalue weighted by Gasteiger charge is -2.21. The fourth-order valence-corrected chi connectivity index (χ4v) is 3.09. The molecule has 0 fully saturated rings. The van der Waals surface area contributed by atoms with Crippen molar-refractivity contribution in [1.82, 2.24) is 0 Å². The van der Waals surface area contributed by atoms with E-state index in [-0.39, 0.29) is 6.42 Å². The zero-order valence-electron chi connectivity index (χ0n) is 13.2. The van der Waals surface area contributed by atoms with Crippen LogP contribution in [0, 0.1) is 0 Å². The number of hydrogen-bond donors (Lipinski definition) is 0. The Kier molecular flexibility index (Phi) is 13.8. The molecule has 6 heteroatoms. The van der Waals surface area contributed by atoms with E-state index >= 15 is 0 Å². The molecule has 0 saturated heterocycles. The third-order valence-electron chi connectivity index (χ3n) is 3.79. The minimum Gasteiger partial charge on any atom is -0.199 e. The maximum Gasteiger partial charge on any atom is 0.363 e. The number of unbranched alkanes of at least 4 members (excludes halogenated alkanes) is 11. The molecule has 22 heavy (non-hydrogen) atoms. The first kappa shape index (κ1) is 22.9. The quantitative estimate of drug-likeness (QED) is 0.0917. The first-order valence-electron chi connectivity index (χ1n) is 8.32. The molecule has 0 aromatic carbocycles. The van der Waals surface area contributed by atoms with E-state index in [2.05, 4.69) is 22.6 Å². The van der Waals surface area contributed by atoms with Crippen LogP contribution >= 0.6 is 38.5 Å². The molecule has 0 aromatic rings. The number of alkyl halides is 6. The summed E-state index contributed by atoms with van der Waals surface area (Å²) in [5.41, 5.74) is 0. The van der Waals surface area contributed by atoms with Crippen LogP contribution < -0.4 is 0 Å². The molecule has 0 aromatic heterocycles. The van der Waals surface area contributed by atoms with Crippen LogP contribution in [-0.2, 0) is 0 Å². The molecule has 0 aliphatic carbocycles. The Bertz CT molecular complexity index is 257. The van der Waals surface area contributed by atoms with E-state index in [4.69, 9.17) is 0 Å². The van der Waals surface area contributed by atoms with Crippen LogP contribution in [0.3, 0.4) is 0 Å². The van der Waals surface area contributed by atoms with Crippen molar-refractivity contribution in [2.75, 3.05) is 4.43 Å². The predicted molar refractivity (Wildman–Crippen MR) is 97.7 cm³/mol. The minimum absolute atomic E-state index is 0.158. The van der Waals surface area contributed by atoms with Crippen molar-refractivity contribution in [2.24, 2.45) is 0 Å². The van der Waals surface area contributed by atoms with Crippen LogP contribution in [0.4, 0.5) is 17.6 Å². The lowest BCUT2D eigenvalue weighted by molar-refractivity contribution is -0.151.